The number of benzene rings is 1. The molecule has 0 amide bonds. The second-order valence-electron chi connectivity index (χ2n) is 9.62. The summed E-state index contributed by atoms with van der Waals surface area (Å²) in [6.07, 6.45) is 5.83. The standard InChI is InChI=1S/C20H33N2O2P/c1-19(2,3)14-12-16(20(4,5)6)18-17(13-14)22-25(23,24-18)21-15-10-8-7-9-11-15/h12-13,15H,7-11H2,1-6H3,(H2,21,22,23). The molecule has 1 aliphatic carbocycles. The Morgan fingerprint density at radius 2 is 1.68 bits per heavy atom. The van der Waals surface area contributed by atoms with Crippen molar-refractivity contribution < 1.29 is 9.09 Å². The molecule has 1 heterocycles. The Hall–Kier alpha value is -0.990. The van der Waals surface area contributed by atoms with Crippen LogP contribution in [-0.4, -0.2) is 6.04 Å². The normalized spacial score (nSPS) is 24.6. The largest absolute Gasteiger partial charge is 0.417 e. The van der Waals surface area contributed by atoms with E-state index in [9.17, 15) is 4.57 Å². The van der Waals surface area contributed by atoms with E-state index in [1.165, 1.54) is 24.8 Å². The van der Waals surface area contributed by atoms with Crippen LogP contribution in [0.15, 0.2) is 12.1 Å². The fraction of sp³-hybridized carbons (Fsp3) is 0.700. The molecule has 0 spiro atoms. The number of fused-ring (bicyclic) bond motifs is 1. The van der Waals surface area contributed by atoms with E-state index in [1.54, 1.807) is 0 Å². The van der Waals surface area contributed by atoms with E-state index in [0.717, 1.165) is 29.8 Å². The van der Waals surface area contributed by atoms with Crippen LogP contribution < -0.4 is 14.7 Å². The minimum atomic E-state index is -3.09. The Bertz CT molecular complexity index is 695. The van der Waals surface area contributed by atoms with Crippen LogP contribution in [0.5, 0.6) is 5.75 Å². The third-order valence-corrected chi connectivity index (χ3v) is 6.89. The lowest BCUT2D eigenvalue weighted by Crippen LogP contribution is -2.31. The van der Waals surface area contributed by atoms with Gasteiger partial charge >= 0.3 is 7.67 Å². The van der Waals surface area contributed by atoms with E-state index in [2.05, 4.69) is 63.8 Å². The number of anilines is 1. The zero-order valence-corrected chi connectivity index (χ0v) is 17.4. The van der Waals surface area contributed by atoms with Gasteiger partial charge in [-0.25, -0.2) is 9.65 Å². The maximum atomic E-state index is 13.3. The zero-order chi connectivity index (χ0) is 18.5. The van der Waals surface area contributed by atoms with Crippen LogP contribution in [0.2, 0.25) is 0 Å². The highest BCUT2D eigenvalue weighted by Crippen LogP contribution is 2.57. The highest BCUT2D eigenvalue weighted by atomic mass is 31.2. The molecule has 25 heavy (non-hydrogen) atoms. The Balaban J connectivity index is 1.94. The van der Waals surface area contributed by atoms with Crippen LogP contribution in [0, 0.1) is 0 Å². The molecule has 1 unspecified atom stereocenters. The molecule has 4 nitrogen and oxygen atoms in total. The predicted molar refractivity (Wildman–Crippen MR) is 106 cm³/mol. The first-order valence-corrected chi connectivity index (χ1v) is 11.2. The molecule has 1 aliphatic heterocycles. The van der Waals surface area contributed by atoms with Gasteiger partial charge in [-0.05, 0) is 35.3 Å². The minimum Gasteiger partial charge on any atom is -0.416 e. The van der Waals surface area contributed by atoms with Crippen LogP contribution in [-0.2, 0) is 15.4 Å². The highest BCUT2D eigenvalue weighted by Gasteiger charge is 2.40. The van der Waals surface area contributed by atoms with Crippen molar-refractivity contribution in [3.63, 3.8) is 0 Å². The average Bonchev–Trinajstić information content (AvgIpc) is 2.80. The smallest absolute Gasteiger partial charge is 0.416 e. The van der Waals surface area contributed by atoms with E-state index < -0.39 is 7.67 Å². The Morgan fingerprint density at radius 3 is 2.24 bits per heavy atom. The third-order valence-electron chi connectivity index (χ3n) is 5.21. The Kier molecular flexibility index (Phi) is 4.75. The Labute approximate surface area is 152 Å². The van der Waals surface area contributed by atoms with Crippen LogP contribution in [0.1, 0.15) is 84.8 Å². The van der Waals surface area contributed by atoms with Crippen LogP contribution >= 0.6 is 7.67 Å². The maximum Gasteiger partial charge on any atom is 0.417 e. The monoisotopic (exact) mass is 364 g/mol. The molecule has 1 saturated carbocycles. The van der Waals surface area contributed by atoms with Gasteiger partial charge in [-0.3, -0.25) is 5.09 Å². The van der Waals surface area contributed by atoms with E-state index in [0.29, 0.717) is 0 Å². The van der Waals surface area contributed by atoms with Crippen molar-refractivity contribution in [2.75, 3.05) is 5.09 Å². The lowest BCUT2D eigenvalue weighted by Gasteiger charge is -2.27. The molecule has 3 rings (SSSR count). The number of rotatable bonds is 2. The van der Waals surface area contributed by atoms with Gasteiger partial charge in [0.1, 0.15) is 0 Å². The minimum absolute atomic E-state index is 0.0279. The molecule has 0 aromatic heterocycles. The fourth-order valence-corrected chi connectivity index (χ4v) is 5.48. The summed E-state index contributed by atoms with van der Waals surface area (Å²) in [6, 6.07) is 4.60. The number of nitrogens with one attached hydrogen (secondary N) is 2. The maximum absolute atomic E-state index is 13.3. The van der Waals surface area contributed by atoms with Crippen molar-refractivity contribution in [3.05, 3.63) is 23.3 Å². The van der Waals surface area contributed by atoms with E-state index >= 15 is 0 Å². The summed E-state index contributed by atoms with van der Waals surface area (Å²) in [5.41, 5.74) is 3.17. The van der Waals surface area contributed by atoms with Gasteiger partial charge in [-0.15, -0.1) is 0 Å². The third kappa shape index (κ3) is 4.06. The summed E-state index contributed by atoms with van der Waals surface area (Å²) >= 11 is 0. The summed E-state index contributed by atoms with van der Waals surface area (Å²) in [7, 11) is -3.09. The first kappa shape index (κ1) is 18.8. The lowest BCUT2D eigenvalue weighted by atomic mass is 9.80. The molecule has 1 atom stereocenters. The van der Waals surface area contributed by atoms with Crippen molar-refractivity contribution in [1.82, 2.24) is 5.09 Å². The average molecular weight is 364 g/mol. The number of hydrogen-bond acceptors (Lipinski definition) is 2. The van der Waals surface area contributed by atoms with E-state index in [1.807, 2.05) is 0 Å². The fourth-order valence-electron chi connectivity index (χ4n) is 3.64. The van der Waals surface area contributed by atoms with Gasteiger partial charge in [-0.1, -0.05) is 66.9 Å². The first-order chi connectivity index (χ1) is 11.5. The van der Waals surface area contributed by atoms with E-state index in [-0.39, 0.29) is 16.9 Å². The van der Waals surface area contributed by atoms with Gasteiger partial charge in [0.15, 0.2) is 5.75 Å². The second-order valence-corrected chi connectivity index (χ2v) is 11.4. The molecule has 140 valence electrons. The van der Waals surface area contributed by atoms with Gasteiger partial charge in [-0.2, -0.15) is 0 Å². The molecule has 0 radical (unpaired) electrons. The first-order valence-electron chi connectivity index (χ1n) is 9.53. The summed E-state index contributed by atoms with van der Waals surface area (Å²) in [5.74, 6) is 0.757. The number of hydrogen-bond donors (Lipinski definition) is 2. The van der Waals surface area contributed by atoms with Gasteiger partial charge in [0, 0.05) is 11.6 Å². The summed E-state index contributed by atoms with van der Waals surface area (Å²) < 4.78 is 19.4. The summed E-state index contributed by atoms with van der Waals surface area (Å²) in [5, 5.41) is 6.51. The molecule has 1 aromatic rings. The second kappa shape index (κ2) is 6.32. The van der Waals surface area contributed by atoms with Crippen LogP contribution in [0.25, 0.3) is 0 Å². The van der Waals surface area contributed by atoms with Crippen LogP contribution in [0.3, 0.4) is 0 Å². The zero-order valence-electron chi connectivity index (χ0n) is 16.5. The summed E-state index contributed by atoms with van der Waals surface area (Å²) in [4.78, 5) is 0. The van der Waals surface area contributed by atoms with Crippen LogP contribution in [0.4, 0.5) is 5.69 Å². The molecule has 0 saturated heterocycles. The van der Waals surface area contributed by atoms with Crippen molar-refractivity contribution in [1.29, 1.82) is 0 Å². The van der Waals surface area contributed by atoms with Crippen molar-refractivity contribution in [2.45, 2.75) is 90.5 Å². The van der Waals surface area contributed by atoms with Gasteiger partial charge < -0.3 is 4.52 Å². The molecule has 1 fully saturated rings. The molecule has 1 aromatic carbocycles. The molecule has 5 heteroatoms. The molecular formula is C20H33N2O2P. The van der Waals surface area contributed by atoms with E-state index in [4.69, 9.17) is 4.52 Å². The molecule has 0 bridgehead atoms. The van der Waals surface area contributed by atoms with Gasteiger partial charge in [0.05, 0.1) is 5.69 Å². The topological polar surface area (TPSA) is 50.4 Å². The molecular weight excluding hydrogens is 331 g/mol. The molecule has 2 N–H and O–H groups in total. The van der Waals surface area contributed by atoms with Crippen molar-refractivity contribution in [3.8, 4) is 5.75 Å². The van der Waals surface area contributed by atoms with Gasteiger partial charge in [0.25, 0.3) is 0 Å². The molecule has 2 aliphatic rings. The Morgan fingerprint density at radius 1 is 1.04 bits per heavy atom. The predicted octanol–water partition coefficient (Wildman–Crippen LogP) is 6.12. The highest BCUT2D eigenvalue weighted by molar-refractivity contribution is 7.59. The SMILES string of the molecule is CC(C)(C)c1cc2c(c(C(C)(C)C)c1)OP(=O)(NC1CCCCC1)N2. The van der Waals surface area contributed by atoms with Crippen molar-refractivity contribution in [2.24, 2.45) is 0 Å². The lowest BCUT2D eigenvalue weighted by molar-refractivity contribution is 0.392. The summed E-state index contributed by atoms with van der Waals surface area (Å²) in [6.45, 7) is 13.1. The quantitative estimate of drug-likeness (QED) is 0.621. The van der Waals surface area contributed by atoms with Crippen molar-refractivity contribution >= 4 is 13.4 Å². The van der Waals surface area contributed by atoms with Gasteiger partial charge in [0.2, 0.25) is 0 Å².